The van der Waals surface area contributed by atoms with Crippen LogP contribution in [0.3, 0.4) is 0 Å². The topological polar surface area (TPSA) is 32.7 Å². The molecule has 0 amide bonds. The minimum atomic E-state index is -0.664. The second-order valence-corrected chi connectivity index (χ2v) is 8.36. The van der Waals surface area contributed by atoms with Gasteiger partial charge in [0.15, 0.2) is 0 Å². The maximum Gasteiger partial charge on any atom is 0.0730 e. The summed E-state index contributed by atoms with van der Waals surface area (Å²) in [6, 6.07) is 18.8. The molecule has 0 spiro atoms. The van der Waals surface area contributed by atoms with Crippen LogP contribution in [0.15, 0.2) is 54.6 Å². The Morgan fingerprint density at radius 1 is 1.07 bits per heavy atom. The van der Waals surface area contributed by atoms with Gasteiger partial charge >= 0.3 is 0 Å². The van der Waals surface area contributed by atoms with Crippen LogP contribution in [0.1, 0.15) is 36.0 Å². The molecule has 3 atom stereocenters. The Morgan fingerprint density at radius 2 is 1.78 bits per heavy atom. The first-order chi connectivity index (χ1) is 13.0. The van der Waals surface area contributed by atoms with Crippen LogP contribution in [0, 0.1) is 12.8 Å². The molecule has 1 aliphatic carbocycles. The van der Waals surface area contributed by atoms with Gasteiger partial charge in [0.2, 0.25) is 0 Å². The fourth-order valence-electron chi connectivity index (χ4n) is 4.27. The van der Waals surface area contributed by atoms with Gasteiger partial charge in [0.05, 0.1) is 18.3 Å². The normalized spacial score (nSPS) is 25.7. The van der Waals surface area contributed by atoms with Crippen molar-refractivity contribution in [3.05, 3.63) is 71.3 Å². The molecule has 1 aliphatic rings. The summed E-state index contributed by atoms with van der Waals surface area (Å²) in [6.45, 7) is 3.66. The SMILES string of the molecule is Cc1ccccc1CC1(O)CCC(OCc2ccccc2)CC1CN(C)C. The quantitative estimate of drug-likeness (QED) is 0.795. The van der Waals surface area contributed by atoms with Gasteiger partial charge in [-0.25, -0.2) is 0 Å². The lowest BCUT2D eigenvalue weighted by molar-refractivity contribution is -0.105. The summed E-state index contributed by atoms with van der Waals surface area (Å²) < 4.78 is 6.22. The highest BCUT2D eigenvalue weighted by Gasteiger charge is 2.42. The Labute approximate surface area is 164 Å². The van der Waals surface area contributed by atoms with E-state index in [1.807, 2.05) is 6.07 Å². The lowest BCUT2D eigenvalue weighted by Gasteiger charge is -2.44. The van der Waals surface area contributed by atoms with Crippen LogP contribution in [0.25, 0.3) is 0 Å². The summed E-state index contributed by atoms with van der Waals surface area (Å²) in [7, 11) is 4.17. The van der Waals surface area contributed by atoms with Crippen LogP contribution in [-0.4, -0.2) is 42.4 Å². The van der Waals surface area contributed by atoms with Crippen LogP contribution in [0.4, 0.5) is 0 Å². The predicted molar refractivity (Wildman–Crippen MR) is 111 cm³/mol. The highest BCUT2D eigenvalue weighted by molar-refractivity contribution is 5.27. The average molecular weight is 368 g/mol. The number of nitrogens with zero attached hydrogens (tertiary/aromatic N) is 1. The van der Waals surface area contributed by atoms with Crippen LogP contribution in [-0.2, 0) is 17.8 Å². The highest BCUT2D eigenvalue weighted by Crippen LogP contribution is 2.38. The molecule has 0 aromatic heterocycles. The molecule has 0 heterocycles. The summed E-state index contributed by atoms with van der Waals surface area (Å²) in [4.78, 5) is 2.19. The van der Waals surface area contributed by atoms with Crippen LogP contribution < -0.4 is 0 Å². The van der Waals surface area contributed by atoms with Crippen LogP contribution >= 0.6 is 0 Å². The number of benzene rings is 2. The molecule has 0 aliphatic heterocycles. The van der Waals surface area contributed by atoms with Gasteiger partial charge in [-0.3, -0.25) is 0 Å². The standard InChI is InChI=1S/C24H33NO2/c1-19-9-7-8-12-21(19)16-24(26)14-13-23(15-22(24)17-25(2)3)27-18-20-10-5-4-6-11-20/h4-12,22-23,26H,13-18H2,1-3H3. The molecule has 3 nitrogen and oxygen atoms in total. The maximum absolute atomic E-state index is 11.6. The van der Waals surface area contributed by atoms with Crippen molar-refractivity contribution in [2.45, 2.75) is 50.9 Å². The van der Waals surface area contributed by atoms with Crippen molar-refractivity contribution in [2.75, 3.05) is 20.6 Å². The molecule has 1 N–H and O–H groups in total. The van der Waals surface area contributed by atoms with E-state index in [0.717, 1.165) is 32.2 Å². The van der Waals surface area contributed by atoms with E-state index in [-0.39, 0.29) is 12.0 Å². The minimum Gasteiger partial charge on any atom is -0.389 e. The molecular formula is C24H33NO2. The fraction of sp³-hybridized carbons (Fsp3) is 0.500. The molecule has 146 valence electrons. The molecule has 1 fully saturated rings. The van der Waals surface area contributed by atoms with Gasteiger partial charge in [-0.1, -0.05) is 54.6 Å². The zero-order valence-corrected chi connectivity index (χ0v) is 16.9. The average Bonchev–Trinajstić information content (AvgIpc) is 2.65. The third-order valence-electron chi connectivity index (χ3n) is 5.88. The Morgan fingerprint density at radius 3 is 2.48 bits per heavy atom. The van der Waals surface area contributed by atoms with Gasteiger partial charge < -0.3 is 14.7 Å². The lowest BCUT2D eigenvalue weighted by Crippen LogP contribution is -2.50. The summed E-state index contributed by atoms with van der Waals surface area (Å²) >= 11 is 0. The lowest BCUT2D eigenvalue weighted by atomic mass is 9.70. The zero-order chi connectivity index (χ0) is 19.3. The first-order valence-corrected chi connectivity index (χ1v) is 10.0. The smallest absolute Gasteiger partial charge is 0.0730 e. The maximum atomic E-state index is 11.6. The molecule has 2 aromatic rings. The summed E-state index contributed by atoms with van der Waals surface area (Å²) in [6.07, 6.45) is 3.56. The largest absolute Gasteiger partial charge is 0.389 e. The Hall–Kier alpha value is -1.68. The van der Waals surface area contributed by atoms with Crippen molar-refractivity contribution in [3.63, 3.8) is 0 Å². The van der Waals surface area contributed by atoms with Crippen molar-refractivity contribution >= 4 is 0 Å². The third-order valence-corrected chi connectivity index (χ3v) is 5.88. The number of rotatable bonds is 7. The first-order valence-electron chi connectivity index (χ1n) is 10.0. The van der Waals surface area contributed by atoms with Gasteiger partial charge in [-0.05, 0) is 57.0 Å². The summed E-state index contributed by atoms with van der Waals surface area (Å²) in [5.74, 6) is 0.210. The van der Waals surface area contributed by atoms with E-state index >= 15 is 0 Å². The van der Waals surface area contributed by atoms with Gasteiger partial charge in [-0.15, -0.1) is 0 Å². The van der Waals surface area contributed by atoms with E-state index in [4.69, 9.17) is 4.74 Å². The van der Waals surface area contributed by atoms with Crippen LogP contribution in [0.2, 0.25) is 0 Å². The molecule has 0 bridgehead atoms. The van der Waals surface area contributed by atoms with E-state index in [0.29, 0.717) is 6.61 Å². The summed E-state index contributed by atoms with van der Waals surface area (Å²) in [5.41, 5.74) is 3.06. The van der Waals surface area contributed by atoms with E-state index in [9.17, 15) is 5.11 Å². The van der Waals surface area contributed by atoms with Crippen molar-refractivity contribution in [1.82, 2.24) is 4.90 Å². The molecule has 3 heteroatoms. The number of hydrogen-bond acceptors (Lipinski definition) is 3. The Balaban J connectivity index is 1.67. The molecule has 2 aromatic carbocycles. The highest BCUT2D eigenvalue weighted by atomic mass is 16.5. The third kappa shape index (κ3) is 5.41. The monoisotopic (exact) mass is 367 g/mol. The number of hydrogen-bond donors (Lipinski definition) is 1. The predicted octanol–water partition coefficient (Wildman–Crippen LogP) is 4.22. The number of aryl methyl sites for hydroxylation is 1. The number of aliphatic hydroxyl groups is 1. The van der Waals surface area contributed by atoms with Gasteiger partial charge in [0.25, 0.3) is 0 Å². The van der Waals surface area contributed by atoms with E-state index < -0.39 is 5.60 Å². The molecule has 27 heavy (non-hydrogen) atoms. The number of ether oxygens (including phenoxy) is 1. The van der Waals surface area contributed by atoms with Crippen LogP contribution in [0.5, 0.6) is 0 Å². The van der Waals surface area contributed by atoms with Gasteiger partial charge in [0, 0.05) is 18.9 Å². The van der Waals surface area contributed by atoms with E-state index in [1.165, 1.54) is 16.7 Å². The van der Waals surface area contributed by atoms with Crippen molar-refractivity contribution in [2.24, 2.45) is 5.92 Å². The van der Waals surface area contributed by atoms with Crippen molar-refractivity contribution < 1.29 is 9.84 Å². The molecule has 0 radical (unpaired) electrons. The summed E-state index contributed by atoms with van der Waals surface area (Å²) in [5, 5.41) is 11.6. The molecule has 3 unspecified atom stereocenters. The van der Waals surface area contributed by atoms with Gasteiger partial charge in [-0.2, -0.15) is 0 Å². The minimum absolute atomic E-state index is 0.210. The second kappa shape index (κ2) is 9.01. The molecule has 0 saturated heterocycles. The second-order valence-electron chi connectivity index (χ2n) is 8.36. The van der Waals surface area contributed by atoms with Crippen molar-refractivity contribution in [1.29, 1.82) is 0 Å². The molecular weight excluding hydrogens is 334 g/mol. The molecule has 1 saturated carbocycles. The Kier molecular flexibility index (Phi) is 6.69. The van der Waals surface area contributed by atoms with E-state index in [2.05, 4.69) is 74.4 Å². The van der Waals surface area contributed by atoms with E-state index in [1.54, 1.807) is 0 Å². The van der Waals surface area contributed by atoms with Gasteiger partial charge in [0.1, 0.15) is 0 Å². The van der Waals surface area contributed by atoms with Crippen molar-refractivity contribution in [3.8, 4) is 0 Å². The molecule has 3 rings (SSSR count). The first kappa shape index (κ1) is 20.1. The fourth-order valence-corrected chi connectivity index (χ4v) is 4.27. The Bertz CT molecular complexity index is 715. The zero-order valence-electron chi connectivity index (χ0n) is 16.9.